The fourth-order valence-corrected chi connectivity index (χ4v) is 5.12. The Hall–Kier alpha value is -3.97. The number of rotatable bonds is 6. The highest BCUT2D eigenvalue weighted by Gasteiger charge is 2.14. The second kappa shape index (κ2) is 9.11. The number of aromatic amines is 1. The van der Waals surface area contributed by atoms with Crippen molar-refractivity contribution in [3.05, 3.63) is 110 Å². The molecule has 0 fully saturated rings. The predicted molar refractivity (Wildman–Crippen MR) is 138 cm³/mol. The molecule has 0 spiro atoms. The molecule has 0 atom stereocenters. The lowest BCUT2D eigenvalue weighted by atomic mass is 10.1. The number of H-pyrrole nitrogens is 1. The summed E-state index contributed by atoms with van der Waals surface area (Å²) in [5.41, 5.74) is 7.46. The van der Waals surface area contributed by atoms with E-state index in [4.69, 9.17) is 4.99 Å². The van der Waals surface area contributed by atoms with Crippen LogP contribution in [0.5, 0.6) is 0 Å². The van der Waals surface area contributed by atoms with E-state index >= 15 is 0 Å². The third kappa shape index (κ3) is 4.18. The smallest absolute Gasteiger partial charge is 0.270 e. The molecule has 34 heavy (non-hydrogen) atoms. The monoisotopic (exact) mass is 468 g/mol. The molecule has 0 aliphatic heterocycles. The molecule has 0 bridgehead atoms. The van der Waals surface area contributed by atoms with Crippen LogP contribution in [0.1, 0.15) is 16.7 Å². The van der Waals surface area contributed by atoms with Gasteiger partial charge >= 0.3 is 0 Å². The SMILES string of the molecule is Cc1cccc(N=c2scc(-c3cccc([N+](=O)[O-])c3)n2CCc2c[nH]c3ccccc23)c1C. The van der Waals surface area contributed by atoms with Crippen LogP contribution < -0.4 is 4.80 Å². The van der Waals surface area contributed by atoms with Crippen LogP contribution in [0.2, 0.25) is 0 Å². The van der Waals surface area contributed by atoms with E-state index in [1.54, 1.807) is 23.5 Å². The Morgan fingerprint density at radius 2 is 1.88 bits per heavy atom. The van der Waals surface area contributed by atoms with E-state index in [1.165, 1.54) is 22.6 Å². The summed E-state index contributed by atoms with van der Waals surface area (Å²) in [6.07, 6.45) is 2.87. The lowest BCUT2D eigenvalue weighted by Gasteiger charge is -2.10. The molecular formula is C27H24N4O2S. The van der Waals surface area contributed by atoms with Gasteiger partial charge in [-0.2, -0.15) is 0 Å². The van der Waals surface area contributed by atoms with Gasteiger partial charge in [-0.15, -0.1) is 11.3 Å². The number of para-hydroxylation sites is 1. The normalized spacial score (nSPS) is 11.9. The first-order valence-electron chi connectivity index (χ1n) is 11.1. The van der Waals surface area contributed by atoms with E-state index in [9.17, 15) is 10.1 Å². The van der Waals surface area contributed by atoms with Crippen molar-refractivity contribution in [3.8, 4) is 11.3 Å². The van der Waals surface area contributed by atoms with Crippen molar-refractivity contribution in [2.24, 2.45) is 4.99 Å². The number of nitrogens with one attached hydrogen (secondary N) is 1. The fourth-order valence-electron chi connectivity index (χ4n) is 4.17. The number of nitro benzene ring substituents is 1. The number of hydrogen-bond acceptors (Lipinski definition) is 4. The summed E-state index contributed by atoms with van der Waals surface area (Å²) < 4.78 is 2.17. The summed E-state index contributed by atoms with van der Waals surface area (Å²) in [5.74, 6) is 0. The maximum absolute atomic E-state index is 11.4. The van der Waals surface area contributed by atoms with E-state index in [0.29, 0.717) is 6.54 Å². The number of nitrogens with zero attached hydrogens (tertiary/aromatic N) is 3. The first-order chi connectivity index (χ1) is 16.5. The van der Waals surface area contributed by atoms with Gasteiger partial charge in [-0.25, -0.2) is 4.99 Å². The molecule has 6 nitrogen and oxygen atoms in total. The number of aromatic nitrogens is 2. The Bertz CT molecular complexity index is 1580. The third-order valence-electron chi connectivity index (χ3n) is 6.22. The topological polar surface area (TPSA) is 76.2 Å². The molecule has 3 aromatic carbocycles. The van der Waals surface area contributed by atoms with Gasteiger partial charge < -0.3 is 9.55 Å². The largest absolute Gasteiger partial charge is 0.361 e. The number of benzene rings is 3. The molecule has 0 saturated heterocycles. The van der Waals surface area contributed by atoms with Crippen molar-refractivity contribution in [3.63, 3.8) is 0 Å². The molecule has 0 unspecified atom stereocenters. The Labute approximate surface area is 201 Å². The lowest BCUT2D eigenvalue weighted by Crippen LogP contribution is -2.17. The molecule has 0 amide bonds. The molecular weight excluding hydrogens is 444 g/mol. The highest BCUT2D eigenvalue weighted by atomic mass is 32.1. The zero-order valence-corrected chi connectivity index (χ0v) is 19.8. The Morgan fingerprint density at radius 3 is 2.74 bits per heavy atom. The Kier molecular flexibility index (Phi) is 5.86. The number of nitro groups is 1. The van der Waals surface area contributed by atoms with Crippen LogP contribution in [-0.4, -0.2) is 14.5 Å². The van der Waals surface area contributed by atoms with E-state index < -0.39 is 0 Å². The van der Waals surface area contributed by atoms with Gasteiger partial charge in [0.05, 0.1) is 16.3 Å². The van der Waals surface area contributed by atoms with E-state index in [-0.39, 0.29) is 10.6 Å². The third-order valence-corrected chi connectivity index (χ3v) is 7.09. The fraction of sp³-hybridized carbons (Fsp3) is 0.148. The first kappa shape index (κ1) is 21.9. The first-order valence-corrected chi connectivity index (χ1v) is 12.0. The van der Waals surface area contributed by atoms with Crippen molar-refractivity contribution in [2.75, 3.05) is 0 Å². The van der Waals surface area contributed by atoms with Crippen LogP contribution >= 0.6 is 11.3 Å². The van der Waals surface area contributed by atoms with Gasteiger partial charge in [0.25, 0.3) is 5.69 Å². The molecule has 5 rings (SSSR count). The molecule has 0 aliphatic rings. The second-order valence-corrected chi connectivity index (χ2v) is 9.14. The summed E-state index contributed by atoms with van der Waals surface area (Å²) in [4.78, 5) is 20.2. The van der Waals surface area contributed by atoms with Crippen LogP contribution in [0, 0.1) is 24.0 Å². The molecule has 0 saturated carbocycles. The number of aryl methyl sites for hydroxylation is 2. The molecule has 2 aromatic heterocycles. The van der Waals surface area contributed by atoms with Crippen LogP contribution in [0.15, 0.2) is 83.3 Å². The molecule has 7 heteroatoms. The van der Waals surface area contributed by atoms with Gasteiger partial charge in [-0.1, -0.05) is 42.5 Å². The molecule has 0 aliphatic carbocycles. The second-order valence-electron chi connectivity index (χ2n) is 8.30. The van der Waals surface area contributed by atoms with E-state index in [1.807, 2.05) is 35.7 Å². The Balaban J connectivity index is 1.61. The zero-order chi connectivity index (χ0) is 23.7. The maximum Gasteiger partial charge on any atom is 0.270 e. The molecule has 170 valence electrons. The molecule has 2 heterocycles. The van der Waals surface area contributed by atoms with E-state index in [0.717, 1.165) is 39.2 Å². The molecule has 0 radical (unpaired) electrons. The van der Waals surface area contributed by atoms with Crippen LogP contribution in [-0.2, 0) is 13.0 Å². The number of fused-ring (bicyclic) bond motifs is 1. The van der Waals surface area contributed by atoms with Gasteiger partial charge in [0.1, 0.15) is 0 Å². The lowest BCUT2D eigenvalue weighted by molar-refractivity contribution is -0.384. The van der Waals surface area contributed by atoms with Crippen molar-refractivity contribution in [1.29, 1.82) is 0 Å². The highest BCUT2D eigenvalue weighted by molar-refractivity contribution is 7.07. The zero-order valence-electron chi connectivity index (χ0n) is 19.0. The van der Waals surface area contributed by atoms with Crippen molar-refractivity contribution >= 4 is 33.6 Å². The highest BCUT2D eigenvalue weighted by Crippen LogP contribution is 2.27. The summed E-state index contributed by atoms with van der Waals surface area (Å²) in [5, 5.41) is 14.6. The average Bonchev–Trinajstić information content (AvgIpc) is 3.44. The van der Waals surface area contributed by atoms with Crippen LogP contribution in [0.4, 0.5) is 11.4 Å². The summed E-state index contributed by atoms with van der Waals surface area (Å²) in [6.45, 7) is 4.87. The summed E-state index contributed by atoms with van der Waals surface area (Å²) in [6, 6.07) is 21.2. The number of thiazole rings is 1. The van der Waals surface area contributed by atoms with Crippen molar-refractivity contribution < 1.29 is 4.92 Å². The standard InChI is InChI=1S/C27H24N4O2S/c1-18-7-5-12-24(19(18)2)29-27-30(14-13-21-16-28-25-11-4-3-10-23(21)25)26(17-34-27)20-8-6-9-22(15-20)31(32)33/h3-12,15-17,28H,13-14H2,1-2H3. The number of hydrogen-bond donors (Lipinski definition) is 1. The predicted octanol–water partition coefficient (Wildman–Crippen LogP) is 6.70. The quantitative estimate of drug-likeness (QED) is 0.222. The minimum absolute atomic E-state index is 0.0832. The summed E-state index contributed by atoms with van der Waals surface area (Å²) in [7, 11) is 0. The van der Waals surface area contributed by atoms with Gasteiger partial charge in [0.15, 0.2) is 4.80 Å². The van der Waals surface area contributed by atoms with Gasteiger partial charge in [0.2, 0.25) is 0 Å². The van der Waals surface area contributed by atoms with Gasteiger partial charge in [-0.3, -0.25) is 10.1 Å². The Morgan fingerprint density at radius 1 is 1.06 bits per heavy atom. The minimum atomic E-state index is -0.354. The summed E-state index contributed by atoms with van der Waals surface area (Å²) >= 11 is 1.55. The van der Waals surface area contributed by atoms with E-state index in [2.05, 4.69) is 47.8 Å². The average molecular weight is 469 g/mol. The molecule has 1 N–H and O–H groups in total. The van der Waals surface area contributed by atoms with Crippen molar-refractivity contribution in [2.45, 2.75) is 26.8 Å². The van der Waals surface area contributed by atoms with Gasteiger partial charge in [0, 0.05) is 46.7 Å². The molecule has 5 aromatic rings. The minimum Gasteiger partial charge on any atom is -0.361 e. The van der Waals surface area contributed by atoms with Crippen molar-refractivity contribution in [1.82, 2.24) is 9.55 Å². The van der Waals surface area contributed by atoms with Crippen LogP contribution in [0.3, 0.4) is 0 Å². The van der Waals surface area contributed by atoms with Crippen LogP contribution in [0.25, 0.3) is 22.2 Å². The number of non-ortho nitro benzene ring substituents is 1. The van der Waals surface area contributed by atoms with Gasteiger partial charge in [-0.05, 0) is 49.1 Å². The maximum atomic E-state index is 11.4.